The summed E-state index contributed by atoms with van der Waals surface area (Å²) < 4.78 is 26.6. The van der Waals surface area contributed by atoms with Crippen molar-refractivity contribution >= 4 is 43.5 Å². The van der Waals surface area contributed by atoms with Crippen molar-refractivity contribution in [3.63, 3.8) is 0 Å². The predicted octanol–water partition coefficient (Wildman–Crippen LogP) is 1.60. The van der Waals surface area contributed by atoms with E-state index in [1.165, 1.54) is 17.2 Å². The van der Waals surface area contributed by atoms with Crippen LogP contribution in [0.2, 0.25) is 5.15 Å². The summed E-state index contributed by atoms with van der Waals surface area (Å²) in [6.07, 6.45) is 1.41. The Morgan fingerprint density at radius 1 is 1.45 bits per heavy atom. The van der Waals surface area contributed by atoms with Gasteiger partial charge in [0.2, 0.25) is 15.9 Å². The summed E-state index contributed by atoms with van der Waals surface area (Å²) in [4.78, 5) is 16.7. The fraction of sp³-hybridized carbons (Fsp3) is 0.455. The molecule has 1 rings (SSSR count). The van der Waals surface area contributed by atoms with Crippen LogP contribution in [-0.4, -0.2) is 55.7 Å². The molecular formula is C11H15BrClN3O3S. The van der Waals surface area contributed by atoms with E-state index in [0.717, 1.165) is 4.31 Å². The molecule has 1 aromatic rings. The minimum atomic E-state index is -3.87. The standard InChI is InChI=1S/C11H15BrClN3O3S/c1-4-16(7-10(17)15(2)3)20(18,19)9-5-8(12)6-14-11(9)13/h5-6H,4,7H2,1-3H3. The molecule has 112 valence electrons. The average Bonchev–Trinajstić information content (AvgIpc) is 2.37. The number of aromatic nitrogens is 1. The van der Waals surface area contributed by atoms with Crippen molar-refractivity contribution in [3.8, 4) is 0 Å². The Bertz CT molecular complexity index is 607. The molecule has 0 aromatic carbocycles. The number of amides is 1. The van der Waals surface area contributed by atoms with E-state index >= 15 is 0 Å². The third-order valence-electron chi connectivity index (χ3n) is 2.55. The lowest BCUT2D eigenvalue weighted by atomic mass is 10.5. The lowest BCUT2D eigenvalue weighted by molar-refractivity contribution is -0.128. The van der Waals surface area contributed by atoms with Gasteiger partial charge < -0.3 is 4.90 Å². The number of likely N-dealkylation sites (N-methyl/N-ethyl adjacent to an activating group) is 2. The molecule has 1 heterocycles. The fourth-order valence-corrected chi connectivity index (χ4v) is 3.70. The van der Waals surface area contributed by atoms with Crippen molar-refractivity contribution in [2.45, 2.75) is 11.8 Å². The maximum atomic E-state index is 12.5. The number of sulfonamides is 1. The summed E-state index contributed by atoms with van der Waals surface area (Å²) in [5.41, 5.74) is 0. The van der Waals surface area contributed by atoms with Gasteiger partial charge in [0.1, 0.15) is 10.0 Å². The van der Waals surface area contributed by atoms with Gasteiger partial charge in [0.05, 0.1) is 6.54 Å². The highest BCUT2D eigenvalue weighted by Crippen LogP contribution is 2.25. The van der Waals surface area contributed by atoms with E-state index in [-0.39, 0.29) is 29.0 Å². The van der Waals surface area contributed by atoms with E-state index in [1.54, 1.807) is 21.0 Å². The van der Waals surface area contributed by atoms with Crippen LogP contribution in [0.3, 0.4) is 0 Å². The molecule has 0 saturated heterocycles. The normalized spacial score (nSPS) is 11.7. The van der Waals surface area contributed by atoms with Crippen molar-refractivity contribution in [1.29, 1.82) is 0 Å². The molecule has 6 nitrogen and oxygen atoms in total. The van der Waals surface area contributed by atoms with Gasteiger partial charge in [0.25, 0.3) is 0 Å². The number of carbonyl (C=O) groups is 1. The Labute approximate surface area is 131 Å². The summed E-state index contributed by atoms with van der Waals surface area (Å²) >= 11 is 9.00. The van der Waals surface area contributed by atoms with E-state index in [1.807, 2.05) is 0 Å². The van der Waals surface area contributed by atoms with Crippen LogP contribution in [0.15, 0.2) is 21.6 Å². The summed E-state index contributed by atoms with van der Waals surface area (Å²) in [6, 6.07) is 1.37. The van der Waals surface area contributed by atoms with E-state index in [2.05, 4.69) is 20.9 Å². The molecule has 0 atom stereocenters. The lowest BCUT2D eigenvalue weighted by Gasteiger charge is -2.22. The van der Waals surface area contributed by atoms with Gasteiger partial charge in [-0.05, 0) is 22.0 Å². The molecule has 0 unspecified atom stereocenters. The number of carbonyl (C=O) groups excluding carboxylic acids is 1. The average molecular weight is 385 g/mol. The van der Waals surface area contributed by atoms with Crippen LogP contribution in [0.25, 0.3) is 0 Å². The van der Waals surface area contributed by atoms with Gasteiger partial charge in [-0.3, -0.25) is 4.79 Å². The largest absolute Gasteiger partial charge is 0.348 e. The van der Waals surface area contributed by atoms with Crippen molar-refractivity contribution in [3.05, 3.63) is 21.9 Å². The van der Waals surface area contributed by atoms with E-state index in [4.69, 9.17) is 11.6 Å². The van der Waals surface area contributed by atoms with Crippen LogP contribution in [0.1, 0.15) is 6.92 Å². The van der Waals surface area contributed by atoms with E-state index in [0.29, 0.717) is 4.47 Å². The Morgan fingerprint density at radius 2 is 2.05 bits per heavy atom. The summed E-state index contributed by atoms with van der Waals surface area (Å²) in [6.45, 7) is 1.57. The van der Waals surface area contributed by atoms with Crippen LogP contribution in [0.4, 0.5) is 0 Å². The highest BCUT2D eigenvalue weighted by Gasteiger charge is 2.28. The zero-order valence-electron chi connectivity index (χ0n) is 11.3. The number of pyridine rings is 1. The number of hydrogen-bond donors (Lipinski definition) is 0. The van der Waals surface area contributed by atoms with Gasteiger partial charge in [-0.15, -0.1) is 0 Å². The molecule has 0 N–H and O–H groups in total. The molecule has 0 saturated carbocycles. The Kier molecular flexibility index (Phi) is 5.93. The number of nitrogens with zero attached hydrogens (tertiary/aromatic N) is 3. The molecule has 0 aliphatic carbocycles. The smallest absolute Gasteiger partial charge is 0.246 e. The quantitative estimate of drug-likeness (QED) is 0.723. The zero-order valence-corrected chi connectivity index (χ0v) is 14.5. The van der Waals surface area contributed by atoms with Crippen LogP contribution in [0, 0.1) is 0 Å². The molecule has 0 bridgehead atoms. The van der Waals surface area contributed by atoms with Gasteiger partial charge in [0.15, 0.2) is 0 Å². The molecule has 20 heavy (non-hydrogen) atoms. The third kappa shape index (κ3) is 3.91. The molecule has 0 aliphatic rings. The van der Waals surface area contributed by atoms with Crippen molar-refractivity contribution in [2.75, 3.05) is 27.2 Å². The summed E-state index contributed by atoms with van der Waals surface area (Å²) in [7, 11) is -0.740. The highest BCUT2D eigenvalue weighted by molar-refractivity contribution is 9.10. The van der Waals surface area contributed by atoms with Gasteiger partial charge in [-0.2, -0.15) is 4.31 Å². The second kappa shape index (κ2) is 6.84. The van der Waals surface area contributed by atoms with Gasteiger partial charge in [-0.1, -0.05) is 18.5 Å². The second-order valence-corrected chi connectivity index (χ2v) is 7.34. The second-order valence-electron chi connectivity index (χ2n) is 4.16. The van der Waals surface area contributed by atoms with Gasteiger partial charge >= 0.3 is 0 Å². The Morgan fingerprint density at radius 3 is 2.55 bits per heavy atom. The fourth-order valence-electron chi connectivity index (χ4n) is 1.38. The van der Waals surface area contributed by atoms with E-state index < -0.39 is 10.0 Å². The Balaban J connectivity index is 3.19. The predicted molar refractivity (Wildman–Crippen MR) is 80.1 cm³/mol. The maximum absolute atomic E-state index is 12.5. The van der Waals surface area contributed by atoms with Gasteiger partial charge in [-0.25, -0.2) is 13.4 Å². The van der Waals surface area contributed by atoms with E-state index in [9.17, 15) is 13.2 Å². The van der Waals surface area contributed by atoms with Crippen LogP contribution in [0.5, 0.6) is 0 Å². The molecule has 0 aliphatic heterocycles. The first-order valence-electron chi connectivity index (χ1n) is 5.71. The van der Waals surface area contributed by atoms with Crippen LogP contribution < -0.4 is 0 Å². The third-order valence-corrected chi connectivity index (χ3v) is 5.34. The van der Waals surface area contributed by atoms with Crippen LogP contribution >= 0.6 is 27.5 Å². The first kappa shape index (κ1) is 17.4. The lowest BCUT2D eigenvalue weighted by Crippen LogP contribution is -2.40. The molecule has 0 radical (unpaired) electrons. The van der Waals surface area contributed by atoms with Gasteiger partial charge in [0, 0.05) is 31.3 Å². The number of rotatable bonds is 5. The minimum absolute atomic E-state index is 0.121. The molecule has 1 amide bonds. The summed E-state index contributed by atoms with van der Waals surface area (Å²) in [5.74, 6) is -0.311. The van der Waals surface area contributed by atoms with Crippen molar-refractivity contribution in [1.82, 2.24) is 14.2 Å². The monoisotopic (exact) mass is 383 g/mol. The molecule has 9 heteroatoms. The molecular weight excluding hydrogens is 370 g/mol. The number of halogens is 2. The highest BCUT2D eigenvalue weighted by atomic mass is 79.9. The molecule has 1 aromatic heterocycles. The summed E-state index contributed by atoms with van der Waals surface area (Å²) in [5, 5.41) is -0.121. The minimum Gasteiger partial charge on any atom is -0.348 e. The van der Waals surface area contributed by atoms with Crippen molar-refractivity contribution in [2.24, 2.45) is 0 Å². The Hall–Kier alpha value is -0.700. The van der Waals surface area contributed by atoms with Crippen LogP contribution in [-0.2, 0) is 14.8 Å². The topological polar surface area (TPSA) is 70.6 Å². The zero-order chi connectivity index (χ0) is 15.5. The SMILES string of the molecule is CCN(CC(=O)N(C)C)S(=O)(=O)c1cc(Br)cnc1Cl. The molecule has 0 spiro atoms. The first-order valence-corrected chi connectivity index (χ1v) is 8.32. The molecule has 0 fully saturated rings. The maximum Gasteiger partial charge on any atom is 0.246 e. The first-order chi connectivity index (χ1) is 9.20. The number of hydrogen-bond acceptors (Lipinski definition) is 4. The van der Waals surface area contributed by atoms with Crippen molar-refractivity contribution < 1.29 is 13.2 Å².